The average molecular weight is 528 g/mol. The fourth-order valence-electron chi connectivity index (χ4n) is 5.29. The second kappa shape index (κ2) is 10.8. The van der Waals surface area contributed by atoms with Gasteiger partial charge in [-0.15, -0.1) is 0 Å². The van der Waals surface area contributed by atoms with Crippen molar-refractivity contribution in [1.29, 1.82) is 0 Å². The first-order chi connectivity index (χ1) is 18.2. The topological polar surface area (TPSA) is 108 Å². The van der Waals surface area contributed by atoms with Crippen molar-refractivity contribution < 1.29 is 27.9 Å². The molecule has 10 nitrogen and oxygen atoms in total. The predicted molar refractivity (Wildman–Crippen MR) is 138 cm³/mol. The van der Waals surface area contributed by atoms with Gasteiger partial charge in [0.25, 0.3) is 11.9 Å². The Labute approximate surface area is 221 Å². The van der Waals surface area contributed by atoms with Gasteiger partial charge in [-0.05, 0) is 31.5 Å². The first-order valence-electron chi connectivity index (χ1n) is 13.1. The molecule has 1 aromatic carbocycles. The van der Waals surface area contributed by atoms with Gasteiger partial charge in [-0.3, -0.25) is 14.4 Å². The van der Waals surface area contributed by atoms with E-state index in [4.69, 9.17) is 9.15 Å². The summed E-state index contributed by atoms with van der Waals surface area (Å²) < 4.78 is 25.4. The number of rotatable bonds is 7. The zero-order valence-corrected chi connectivity index (χ0v) is 21.9. The number of Topliss-reactive ketones (excluding diaryl/α,β-unsaturated/α-hetero) is 1. The quantitative estimate of drug-likeness (QED) is 0.581. The molecule has 4 heterocycles. The fraction of sp³-hybridized carbons (Fsp3) is 0.556. The van der Waals surface area contributed by atoms with E-state index in [-0.39, 0.29) is 24.9 Å². The van der Waals surface area contributed by atoms with Crippen molar-refractivity contribution in [3.63, 3.8) is 0 Å². The third-order valence-corrected chi connectivity index (χ3v) is 7.42. The summed E-state index contributed by atoms with van der Waals surface area (Å²) in [6.45, 7) is 7.03. The van der Waals surface area contributed by atoms with Gasteiger partial charge in [0, 0.05) is 37.3 Å². The Bertz CT molecular complexity index is 1180. The molecule has 2 aromatic rings. The number of nitrogens with one attached hydrogen (secondary N) is 1. The van der Waals surface area contributed by atoms with Gasteiger partial charge < -0.3 is 29.2 Å². The van der Waals surface area contributed by atoms with E-state index in [1.807, 2.05) is 13.8 Å². The molecular formula is C27H34FN5O5. The van der Waals surface area contributed by atoms with E-state index in [1.54, 1.807) is 30.5 Å². The van der Waals surface area contributed by atoms with Crippen LogP contribution in [-0.4, -0.2) is 103 Å². The summed E-state index contributed by atoms with van der Waals surface area (Å²) in [7, 11) is 2.09. The number of likely N-dealkylation sites (N-methyl/N-ethyl adjacent to an activating group) is 1. The van der Waals surface area contributed by atoms with Gasteiger partial charge in [0.1, 0.15) is 42.9 Å². The van der Waals surface area contributed by atoms with Crippen LogP contribution in [0.25, 0.3) is 11.3 Å². The number of amides is 2. The minimum atomic E-state index is -1.42. The van der Waals surface area contributed by atoms with Crippen molar-refractivity contribution in [1.82, 2.24) is 20.1 Å². The number of likely N-dealkylation sites (tertiary alicyclic amines) is 1. The SMILES string of the molecule is CC(C)C[C@H](NC(=O)c1ccc(-c2coc(N3CCN(C)CC3)n2)cc1)C(=O)N1C[C@H](F)[C@H]2OCC(=O)C21. The molecule has 4 atom stereocenters. The molecule has 38 heavy (non-hydrogen) atoms. The van der Waals surface area contributed by atoms with Crippen LogP contribution in [0.15, 0.2) is 34.9 Å². The van der Waals surface area contributed by atoms with E-state index in [1.165, 1.54) is 4.90 Å². The summed E-state index contributed by atoms with van der Waals surface area (Å²) in [6, 6.07) is 5.67. The normalized spacial score (nSPS) is 24.7. The van der Waals surface area contributed by atoms with Crippen LogP contribution < -0.4 is 10.2 Å². The number of carbonyl (C=O) groups excluding carboxylic acids is 3. The van der Waals surface area contributed by atoms with Crippen LogP contribution in [0.2, 0.25) is 0 Å². The lowest BCUT2D eigenvalue weighted by Gasteiger charge is -2.31. The highest BCUT2D eigenvalue weighted by atomic mass is 19.1. The number of oxazole rings is 1. The Balaban J connectivity index is 1.26. The number of fused-ring (bicyclic) bond motifs is 1. The molecule has 3 fully saturated rings. The van der Waals surface area contributed by atoms with Crippen molar-refractivity contribution in [2.75, 3.05) is 51.3 Å². The van der Waals surface area contributed by atoms with E-state index >= 15 is 0 Å². The van der Waals surface area contributed by atoms with E-state index in [0.717, 1.165) is 31.7 Å². The number of benzene rings is 1. The summed E-state index contributed by atoms with van der Waals surface area (Å²) in [5.74, 6) is -1.10. The van der Waals surface area contributed by atoms with Gasteiger partial charge in [-0.2, -0.15) is 4.98 Å². The summed E-state index contributed by atoms with van der Waals surface area (Å²) in [6.07, 6.45) is -0.388. The molecule has 1 unspecified atom stereocenters. The highest BCUT2D eigenvalue weighted by molar-refractivity contribution is 5.99. The third kappa shape index (κ3) is 5.30. The number of carbonyl (C=O) groups is 3. The van der Waals surface area contributed by atoms with Gasteiger partial charge in [0.05, 0.1) is 6.54 Å². The first kappa shape index (κ1) is 26.3. The summed E-state index contributed by atoms with van der Waals surface area (Å²) in [5, 5.41) is 2.81. The molecule has 3 saturated heterocycles. The van der Waals surface area contributed by atoms with Crippen molar-refractivity contribution in [2.24, 2.45) is 5.92 Å². The minimum absolute atomic E-state index is 0.0865. The molecule has 1 aromatic heterocycles. The Kier molecular flexibility index (Phi) is 7.49. The summed E-state index contributed by atoms with van der Waals surface area (Å²) in [4.78, 5) is 49.0. The smallest absolute Gasteiger partial charge is 0.297 e. The van der Waals surface area contributed by atoms with Gasteiger partial charge in [0.15, 0.2) is 5.78 Å². The zero-order chi connectivity index (χ0) is 27.0. The van der Waals surface area contributed by atoms with Gasteiger partial charge in [-0.25, -0.2) is 4.39 Å². The number of hydrogen-bond acceptors (Lipinski definition) is 8. The molecule has 11 heteroatoms. The zero-order valence-electron chi connectivity index (χ0n) is 21.9. The second-order valence-electron chi connectivity index (χ2n) is 10.7. The number of nitrogens with zero attached hydrogens (tertiary/aromatic N) is 4. The van der Waals surface area contributed by atoms with Crippen molar-refractivity contribution in [3.05, 3.63) is 36.1 Å². The highest BCUT2D eigenvalue weighted by Gasteiger charge is 2.53. The average Bonchev–Trinajstić information content (AvgIpc) is 3.62. The number of hydrogen-bond donors (Lipinski definition) is 1. The van der Waals surface area contributed by atoms with Crippen LogP contribution in [-0.2, 0) is 14.3 Å². The van der Waals surface area contributed by atoms with Crippen LogP contribution in [0.4, 0.5) is 10.4 Å². The Hall–Kier alpha value is -3.31. The monoisotopic (exact) mass is 527 g/mol. The lowest BCUT2D eigenvalue weighted by molar-refractivity contribution is -0.138. The number of aromatic nitrogens is 1. The van der Waals surface area contributed by atoms with E-state index in [2.05, 4.69) is 27.1 Å². The molecular weight excluding hydrogens is 493 g/mol. The lowest BCUT2D eigenvalue weighted by Crippen LogP contribution is -2.52. The Morgan fingerprint density at radius 3 is 2.55 bits per heavy atom. The van der Waals surface area contributed by atoms with E-state index < -0.39 is 36.2 Å². The molecule has 0 aliphatic carbocycles. The fourth-order valence-corrected chi connectivity index (χ4v) is 5.29. The first-order valence-corrected chi connectivity index (χ1v) is 13.1. The molecule has 1 N–H and O–H groups in total. The number of ketones is 1. The van der Waals surface area contributed by atoms with E-state index in [0.29, 0.717) is 23.7 Å². The molecule has 3 aliphatic heterocycles. The van der Waals surface area contributed by atoms with Gasteiger partial charge in [0.2, 0.25) is 5.91 Å². The number of piperazine rings is 1. The number of halogens is 1. The number of alkyl halides is 1. The standard InChI is InChI=1S/C27H34FN5O5/c1-16(2)12-20(26(36)33-13-19(28)24-23(33)22(34)15-37-24)29-25(35)18-6-4-17(5-7-18)21-14-38-27(30-21)32-10-8-31(3)9-11-32/h4-7,14,16,19-20,23-24H,8-13,15H2,1-3H3,(H,29,35)/t19-,20-,23?,24+/m0/s1. The number of anilines is 1. The number of ether oxygens (including phenoxy) is 1. The van der Waals surface area contributed by atoms with E-state index in [9.17, 15) is 18.8 Å². The van der Waals surface area contributed by atoms with Crippen molar-refractivity contribution in [3.8, 4) is 11.3 Å². The molecule has 0 bridgehead atoms. The molecule has 0 saturated carbocycles. The van der Waals surface area contributed by atoms with Crippen LogP contribution in [0.5, 0.6) is 0 Å². The third-order valence-electron chi connectivity index (χ3n) is 7.42. The van der Waals surface area contributed by atoms with Crippen LogP contribution in [0, 0.1) is 5.92 Å². The van der Waals surface area contributed by atoms with Crippen molar-refractivity contribution in [2.45, 2.75) is 44.6 Å². The highest BCUT2D eigenvalue weighted by Crippen LogP contribution is 2.30. The largest absolute Gasteiger partial charge is 0.431 e. The lowest BCUT2D eigenvalue weighted by atomic mass is 10.0. The second-order valence-corrected chi connectivity index (χ2v) is 10.7. The molecule has 0 radical (unpaired) electrons. The van der Waals surface area contributed by atoms with Gasteiger partial charge in [-0.1, -0.05) is 26.0 Å². The predicted octanol–water partition coefficient (Wildman–Crippen LogP) is 1.75. The summed E-state index contributed by atoms with van der Waals surface area (Å²) in [5.41, 5.74) is 1.85. The maximum atomic E-state index is 14.4. The molecule has 2 amide bonds. The van der Waals surface area contributed by atoms with Crippen LogP contribution in [0.3, 0.4) is 0 Å². The van der Waals surface area contributed by atoms with Gasteiger partial charge >= 0.3 is 0 Å². The Morgan fingerprint density at radius 2 is 1.87 bits per heavy atom. The van der Waals surface area contributed by atoms with Crippen LogP contribution in [0.1, 0.15) is 30.6 Å². The molecule has 0 spiro atoms. The molecule has 204 valence electrons. The minimum Gasteiger partial charge on any atom is -0.431 e. The maximum Gasteiger partial charge on any atom is 0.297 e. The molecule has 3 aliphatic rings. The molecule has 5 rings (SSSR count). The maximum absolute atomic E-state index is 14.4. The Morgan fingerprint density at radius 1 is 1.16 bits per heavy atom. The van der Waals surface area contributed by atoms with Crippen LogP contribution >= 0.6 is 0 Å². The van der Waals surface area contributed by atoms with Crippen molar-refractivity contribution >= 4 is 23.6 Å². The summed E-state index contributed by atoms with van der Waals surface area (Å²) >= 11 is 0.